The number of nitrogens with zero attached hydrogens (tertiary/aromatic N) is 1. The van der Waals surface area contributed by atoms with E-state index >= 15 is 0 Å². The number of rotatable bonds is 4. The molecule has 4 nitrogen and oxygen atoms in total. The second-order valence-electron chi connectivity index (χ2n) is 5.07. The molecule has 2 rings (SSSR count). The summed E-state index contributed by atoms with van der Waals surface area (Å²) in [5, 5.41) is 0. The molecule has 1 aliphatic heterocycles. The first-order valence-electron chi connectivity index (χ1n) is 6.26. The minimum atomic E-state index is -2.91. The number of carbonyl (C=O) groups is 1. The Balaban J connectivity index is 2.35. The highest BCUT2D eigenvalue weighted by Gasteiger charge is 2.31. The molecule has 0 bridgehead atoms. The number of thioether (sulfide) groups is 1. The molecular weight excluding hydrogens is 282 g/mol. The van der Waals surface area contributed by atoms with E-state index in [1.807, 2.05) is 30.7 Å². The third kappa shape index (κ3) is 2.89. The summed E-state index contributed by atoms with van der Waals surface area (Å²) in [7, 11) is -2.91. The maximum atomic E-state index is 12.0. The molecular formula is C13H19NO3S2. The molecule has 1 saturated heterocycles. The average Bonchev–Trinajstić information content (AvgIpc) is 2.79. The van der Waals surface area contributed by atoms with Crippen molar-refractivity contribution in [1.82, 2.24) is 4.57 Å². The molecule has 0 radical (unpaired) electrons. The molecule has 1 atom stereocenters. The normalized spacial score (nSPS) is 21.7. The lowest BCUT2D eigenvalue weighted by molar-refractivity contribution is 0.102. The fourth-order valence-corrected chi connectivity index (χ4v) is 4.93. The van der Waals surface area contributed by atoms with Gasteiger partial charge < -0.3 is 4.57 Å². The summed E-state index contributed by atoms with van der Waals surface area (Å²) in [5.74, 6) is 1.03. The van der Waals surface area contributed by atoms with Crippen LogP contribution in [0.3, 0.4) is 0 Å². The molecule has 2 heterocycles. The molecule has 1 fully saturated rings. The van der Waals surface area contributed by atoms with Crippen molar-refractivity contribution in [1.29, 1.82) is 0 Å². The third-order valence-electron chi connectivity index (χ3n) is 3.63. The summed E-state index contributed by atoms with van der Waals surface area (Å²) >= 11 is 1.51. The van der Waals surface area contributed by atoms with Crippen molar-refractivity contribution in [3.8, 4) is 0 Å². The van der Waals surface area contributed by atoms with E-state index < -0.39 is 9.84 Å². The third-order valence-corrected chi connectivity index (χ3v) is 5.93. The molecule has 0 N–H and O–H groups in total. The molecule has 1 aliphatic rings. The molecule has 19 heavy (non-hydrogen) atoms. The van der Waals surface area contributed by atoms with Crippen LogP contribution >= 0.6 is 11.8 Å². The number of Topliss-reactive ketones (excluding diaryl/α,β-unsaturated/α-hetero) is 1. The lowest BCUT2D eigenvalue weighted by Gasteiger charge is -2.16. The smallest absolute Gasteiger partial charge is 0.174 e. The fourth-order valence-electron chi connectivity index (χ4n) is 2.81. The summed E-state index contributed by atoms with van der Waals surface area (Å²) < 4.78 is 25.2. The largest absolute Gasteiger partial charge is 0.344 e. The van der Waals surface area contributed by atoms with E-state index in [4.69, 9.17) is 0 Å². The Morgan fingerprint density at radius 2 is 2.16 bits per heavy atom. The number of sulfone groups is 1. The molecule has 106 valence electrons. The van der Waals surface area contributed by atoms with Crippen LogP contribution in [0.4, 0.5) is 0 Å². The molecule has 0 spiro atoms. The van der Waals surface area contributed by atoms with Gasteiger partial charge >= 0.3 is 0 Å². The van der Waals surface area contributed by atoms with Crippen LogP contribution in [0.15, 0.2) is 6.07 Å². The monoisotopic (exact) mass is 301 g/mol. The van der Waals surface area contributed by atoms with E-state index in [9.17, 15) is 13.2 Å². The van der Waals surface area contributed by atoms with Gasteiger partial charge in [0.15, 0.2) is 15.6 Å². The van der Waals surface area contributed by atoms with Crippen molar-refractivity contribution < 1.29 is 13.2 Å². The van der Waals surface area contributed by atoms with Crippen LogP contribution in [0.25, 0.3) is 0 Å². The van der Waals surface area contributed by atoms with Gasteiger partial charge in [-0.3, -0.25) is 4.79 Å². The van der Waals surface area contributed by atoms with Crippen LogP contribution < -0.4 is 0 Å². The zero-order valence-corrected chi connectivity index (χ0v) is 13.1. The molecule has 0 amide bonds. The minimum Gasteiger partial charge on any atom is -0.344 e. The highest BCUT2D eigenvalue weighted by atomic mass is 32.2. The summed E-state index contributed by atoms with van der Waals surface area (Å²) in [6.45, 7) is 3.85. The van der Waals surface area contributed by atoms with Crippen LogP contribution in [0.5, 0.6) is 0 Å². The van der Waals surface area contributed by atoms with Crippen molar-refractivity contribution in [2.75, 3.05) is 23.5 Å². The first kappa shape index (κ1) is 14.7. The van der Waals surface area contributed by atoms with Crippen molar-refractivity contribution in [3.63, 3.8) is 0 Å². The van der Waals surface area contributed by atoms with Gasteiger partial charge in [0.2, 0.25) is 0 Å². The van der Waals surface area contributed by atoms with E-state index in [0.717, 1.165) is 17.0 Å². The molecule has 0 aliphatic carbocycles. The Bertz CT molecular complexity index is 602. The van der Waals surface area contributed by atoms with Crippen LogP contribution in [0.1, 0.15) is 34.2 Å². The van der Waals surface area contributed by atoms with Crippen LogP contribution in [0.2, 0.25) is 0 Å². The van der Waals surface area contributed by atoms with Crippen LogP contribution in [-0.2, 0) is 9.84 Å². The first-order valence-corrected chi connectivity index (χ1v) is 9.48. The number of aryl methyl sites for hydroxylation is 1. The predicted octanol–water partition coefficient (Wildman–Crippen LogP) is 2.01. The summed E-state index contributed by atoms with van der Waals surface area (Å²) in [5.41, 5.74) is 2.61. The van der Waals surface area contributed by atoms with E-state index in [0.29, 0.717) is 12.2 Å². The zero-order valence-electron chi connectivity index (χ0n) is 11.5. The fraction of sp³-hybridized carbons (Fsp3) is 0.615. The topological polar surface area (TPSA) is 56.1 Å². The quantitative estimate of drug-likeness (QED) is 0.798. The van der Waals surface area contributed by atoms with Gasteiger partial charge in [-0.15, -0.1) is 0 Å². The highest BCUT2D eigenvalue weighted by molar-refractivity contribution is 7.99. The SMILES string of the molecule is CSCC(=O)c1cc(C)n([C@H]2CCS(=O)(=O)C2)c1C. The maximum absolute atomic E-state index is 12.0. The Labute approximate surface area is 118 Å². The summed E-state index contributed by atoms with van der Waals surface area (Å²) in [4.78, 5) is 12.0. The summed E-state index contributed by atoms with van der Waals surface area (Å²) in [6.07, 6.45) is 2.55. The maximum Gasteiger partial charge on any atom is 0.174 e. The second kappa shape index (κ2) is 5.32. The molecule has 6 heteroatoms. The Morgan fingerprint density at radius 1 is 1.47 bits per heavy atom. The molecule has 0 aromatic carbocycles. The molecule has 0 unspecified atom stereocenters. The first-order chi connectivity index (χ1) is 8.85. The standard InChI is InChI=1S/C13H19NO3S2/c1-9-6-12(13(15)7-18-3)10(2)14(9)11-4-5-19(16,17)8-11/h6,11H,4-5,7-8H2,1-3H3/t11-/m0/s1. The summed E-state index contributed by atoms with van der Waals surface area (Å²) in [6, 6.07) is 1.87. The Hall–Kier alpha value is -0.750. The molecule has 1 aromatic rings. The van der Waals surface area contributed by atoms with E-state index in [1.54, 1.807) is 0 Å². The molecule has 1 aromatic heterocycles. The van der Waals surface area contributed by atoms with Gasteiger partial charge in [0.05, 0.1) is 17.3 Å². The highest BCUT2D eigenvalue weighted by Crippen LogP contribution is 2.29. The van der Waals surface area contributed by atoms with E-state index in [1.165, 1.54) is 11.8 Å². The van der Waals surface area contributed by atoms with Crippen LogP contribution in [-0.4, -0.2) is 42.3 Å². The zero-order chi connectivity index (χ0) is 14.2. The van der Waals surface area contributed by atoms with Gasteiger partial charge in [0, 0.05) is 23.0 Å². The Kier molecular flexibility index (Phi) is 4.11. The van der Waals surface area contributed by atoms with E-state index in [-0.39, 0.29) is 23.3 Å². The van der Waals surface area contributed by atoms with Crippen molar-refractivity contribution in [2.45, 2.75) is 26.3 Å². The van der Waals surface area contributed by atoms with Gasteiger partial charge in [-0.2, -0.15) is 11.8 Å². The number of carbonyl (C=O) groups excluding carboxylic acids is 1. The van der Waals surface area contributed by atoms with Crippen molar-refractivity contribution in [2.24, 2.45) is 0 Å². The van der Waals surface area contributed by atoms with Gasteiger partial charge in [0.25, 0.3) is 0 Å². The lowest BCUT2D eigenvalue weighted by atomic mass is 10.2. The Morgan fingerprint density at radius 3 is 2.68 bits per heavy atom. The van der Waals surface area contributed by atoms with Gasteiger partial charge in [0.1, 0.15) is 0 Å². The predicted molar refractivity (Wildman–Crippen MR) is 78.9 cm³/mol. The average molecular weight is 301 g/mol. The number of ketones is 1. The number of aromatic nitrogens is 1. The van der Waals surface area contributed by atoms with E-state index in [2.05, 4.69) is 0 Å². The lowest BCUT2D eigenvalue weighted by Crippen LogP contribution is -2.14. The van der Waals surface area contributed by atoms with Gasteiger partial charge in [-0.25, -0.2) is 8.42 Å². The van der Waals surface area contributed by atoms with Gasteiger partial charge in [-0.05, 0) is 32.6 Å². The molecule has 0 saturated carbocycles. The minimum absolute atomic E-state index is 0.0131. The van der Waals surface area contributed by atoms with Gasteiger partial charge in [-0.1, -0.05) is 0 Å². The van der Waals surface area contributed by atoms with Crippen molar-refractivity contribution in [3.05, 3.63) is 23.0 Å². The van der Waals surface area contributed by atoms with Crippen LogP contribution in [0, 0.1) is 13.8 Å². The number of hydrogen-bond donors (Lipinski definition) is 0. The number of hydrogen-bond acceptors (Lipinski definition) is 4. The van der Waals surface area contributed by atoms with Crippen molar-refractivity contribution >= 4 is 27.4 Å². The second-order valence-corrected chi connectivity index (χ2v) is 8.16.